The molecule has 7 nitrogen and oxygen atoms in total. The van der Waals surface area contributed by atoms with E-state index < -0.39 is 12.0 Å². The molecular weight excluding hydrogens is 389 g/mol. The lowest BCUT2D eigenvalue weighted by atomic mass is 10.1. The first-order valence-electron chi connectivity index (χ1n) is 9.56. The molecule has 1 atom stereocenters. The molecule has 3 aromatic rings. The van der Waals surface area contributed by atoms with Crippen molar-refractivity contribution >= 4 is 28.5 Å². The van der Waals surface area contributed by atoms with Crippen LogP contribution in [0.15, 0.2) is 48.5 Å². The van der Waals surface area contributed by atoms with Crippen molar-refractivity contribution < 1.29 is 23.5 Å². The summed E-state index contributed by atoms with van der Waals surface area (Å²) in [6.45, 7) is 1.20. The number of carbonyl (C=O) groups excluding carboxylic acids is 2. The number of fused-ring (bicyclic) bond motifs is 1. The average Bonchev–Trinajstić information content (AvgIpc) is 3.21. The molecule has 2 aromatic carbocycles. The number of anilines is 1. The first-order valence-corrected chi connectivity index (χ1v) is 9.56. The Morgan fingerprint density at radius 2 is 1.83 bits per heavy atom. The zero-order chi connectivity index (χ0) is 21.3. The van der Waals surface area contributed by atoms with Gasteiger partial charge in [-0.2, -0.15) is 0 Å². The van der Waals surface area contributed by atoms with Gasteiger partial charge in [0, 0.05) is 36.2 Å². The van der Waals surface area contributed by atoms with Gasteiger partial charge in [-0.1, -0.05) is 0 Å². The molecule has 8 heteroatoms. The van der Waals surface area contributed by atoms with Crippen molar-refractivity contribution in [2.75, 3.05) is 38.8 Å². The lowest BCUT2D eigenvalue weighted by molar-refractivity contribution is -0.146. The molecule has 1 amide bonds. The van der Waals surface area contributed by atoms with Gasteiger partial charge in [0.15, 0.2) is 0 Å². The lowest BCUT2D eigenvalue weighted by Gasteiger charge is -2.40. The van der Waals surface area contributed by atoms with Gasteiger partial charge in [0.2, 0.25) is 0 Å². The van der Waals surface area contributed by atoms with Crippen LogP contribution in [0.3, 0.4) is 0 Å². The fourth-order valence-corrected chi connectivity index (χ4v) is 3.76. The fraction of sp³-hybridized carbons (Fsp3) is 0.273. The highest BCUT2D eigenvalue weighted by Gasteiger charge is 2.37. The van der Waals surface area contributed by atoms with E-state index in [1.165, 1.54) is 24.1 Å². The van der Waals surface area contributed by atoms with Crippen molar-refractivity contribution in [3.05, 3.63) is 60.0 Å². The van der Waals surface area contributed by atoms with Gasteiger partial charge in [-0.05, 0) is 48.5 Å². The molecule has 2 heterocycles. The van der Waals surface area contributed by atoms with Gasteiger partial charge in [0.1, 0.15) is 23.3 Å². The number of ether oxygens (including phenoxy) is 2. The lowest BCUT2D eigenvalue weighted by Crippen LogP contribution is -2.58. The number of aromatic amines is 1. The molecule has 1 fully saturated rings. The number of aromatic nitrogens is 1. The Hall–Kier alpha value is -3.55. The molecule has 0 spiro atoms. The minimum Gasteiger partial charge on any atom is -0.497 e. The van der Waals surface area contributed by atoms with Crippen molar-refractivity contribution in [1.29, 1.82) is 0 Å². The van der Waals surface area contributed by atoms with Gasteiger partial charge in [-0.15, -0.1) is 0 Å². The number of rotatable bonds is 4. The van der Waals surface area contributed by atoms with Gasteiger partial charge in [-0.25, -0.2) is 9.18 Å². The Balaban J connectivity index is 1.58. The third-order valence-electron chi connectivity index (χ3n) is 5.37. The molecule has 1 aliphatic rings. The van der Waals surface area contributed by atoms with Crippen LogP contribution in [0.4, 0.5) is 10.1 Å². The molecule has 0 saturated carbocycles. The molecule has 1 saturated heterocycles. The highest BCUT2D eigenvalue weighted by molar-refractivity contribution is 6.00. The van der Waals surface area contributed by atoms with E-state index >= 15 is 0 Å². The van der Waals surface area contributed by atoms with Crippen LogP contribution in [0, 0.1) is 5.82 Å². The third-order valence-corrected chi connectivity index (χ3v) is 5.37. The molecular formula is C22H22FN3O4. The summed E-state index contributed by atoms with van der Waals surface area (Å²) in [5.74, 6) is -0.437. The van der Waals surface area contributed by atoms with Crippen LogP contribution in [0.5, 0.6) is 5.75 Å². The number of hydrogen-bond acceptors (Lipinski definition) is 5. The van der Waals surface area contributed by atoms with Gasteiger partial charge < -0.3 is 24.3 Å². The topological polar surface area (TPSA) is 74.9 Å². The third kappa shape index (κ3) is 3.68. The van der Waals surface area contributed by atoms with E-state index in [0.29, 0.717) is 36.2 Å². The predicted octanol–water partition coefficient (Wildman–Crippen LogP) is 2.82. The number of nitrogens with one attached hydrogen (secondary N) is 1. The standard InChI is InChI=1S/C22H22FN3O4/c1-29-17-6-4-16(5-7-17)25-9-10-26(20(13-25)22(28)30-2)21(27)19-12-14-11-15(23)3-8-18(14)24-19/h3-8,11-12,20,24H,9-10,13H2,1-2H3. The number of benzene rings is 2. The second kappa shape index (κ2) is 8.06. The van der Waals surface area contributed by atoms with Crippen LogP contribution in [0.2, 0.25) is 0 Å². The van der Waals surface area contributed by atoms with Gasteiger partial charge in [-0.3, -0.25) is 4.79 Å². The van der Waals surface area contributed by atoms with E-state index in [4.69, 9.17) is 9.47 Å². The molecule has 0 aliphatic carbocycles. The maximum absolute atomic E-state index is 13.5. The number of halogens is 1. The molecule has 1 unspecified atom stereocenters. The number of esters is 1. The largest absolute Gasteiger partial charge is 0.497 e. The zero-order valence-electron chi connectivity index (χ0n) is 16.7. The van der Waals surface area contributed by atoms with Crippen LogP contribution in [0.25, 0.3) is 10.9 Å². The van der Waals surface area contributed by atoms with E-state index in [2.05, 4.69) is 4.98 Å². The van der Waals surface area contributed by atoms with E-state index in [1.807, 2.05) is 29.2 Å². The van der Waals surface area contributed by atoms with Crippen LogP contribution >= 0.6 is 0 Å². The summed E-state index contributed by atoms with van der Waals surface area (Å²) in [6, 6.07) is 12.6. The molecule has 1 aliphatic heterocycles. The molecule has 1 N–H and O–H groups in total. The zero-order valence-corrected chi connectivity index (χ0v) is 16.7. The average molecular weight is 411 g/mol. The number of amides is 1. The second-order valence-corrected chi connectivity index (χ2v) is 7.10. The normalized spacial score (nSPS) is 16.6. The minimum absolute atomic E-state index is 0.305. The number of H-pyrrole nitrogens is 1. The van der Waals surface area contributed by atoms with E-state index in [0.717, 1.165) is 11.4 Å². The molecule has 156 valence electrons. The Kier molecular flexibility index (Phi) is 5.31. The number of nitrogens with zero attached hydrogens (tertiary/aromatic N) is 2. The van der Waals surface area contributed by atoms with Crippen molar-refractivity contribution in [2.24, 2.45) is 0 Å². The number of hydrogen-bond donors (Lipinski definition) is 1. The number of piperazine rings is 1. The summed E-state index contributed by atoms with van der Waals surface area (Å²) in [5.41, 5.74) is 1.89. The molecule has 4 rings (SSSR count). The summed E-state index contributed by atoms with van der Waals surface area (Å²) in [7, 11) is 2.91. The molecule has 1 aromatic heterocycles. The number of methoxy groups -OCH3 is 2. The molecule has 0 bridgehead atoms. The first-order chi connectivity index (χ1) is 14.5. The highest BCUT2D eigenvalue weighted by atomic mass is 19.1. The van der Waals surface area contributed by atoms with E-state index in [-0.39, 0.29) is 11.7 Å². The van der Waals surface area contributed by atoms with Crippen molar-refractivity contribution in [1.82, 2.24) is 9.88 Å². The fourth-order valence-electron chi connectivity index (χ4n) is 3.76. The Bertz CT molecular complexity index is 1080. The van der Waals surface area contributed by atoms with Crippen LogP contribution in [-0.2, 0) is 9.53 Å². The quantitative estimate of drug-likeness (QED) is 0.669. The Labute approximate surface area is 173 Å². The van der Waals surface area contributed by atoms with Gasteiger partial charge >= 0.3 is 5.97 Å². The summed E-state index contributed by atoms with van der Waals surface area (Å²) < 4.78 is 23.6. The second-order valence-electron chi connectivity index (χ2n) is 7.10. The molecule has 0 radical (unpaired) electrons. The predicted molar refractivity (Wildman–Crippen MR) is 110 cm³/mol. The summed E-state index contributed by atoms with van der Waals surface area (Å²) in [4.78, 5) is 32.2. The van der Waals surface area contributed by atoms with Crippen molar-refractivity contribution in [3.8, 4) is 5.75 Å². The summed E-state index contributed by atoms with van der Waals surface area (Å²) in [5, 5.41) is 0.602. The van der Waals surface area contributed by atoms with Gasteiger partial charge in [0.05, 0.1) is 14.2 Å². The molecule has 30 heavy (non-hydrogen) atoms. The Morgan fingerprint density at radius 1 is 1.07 bits per heavy atom. The smallest absolute Gasteiger partial charge is 0.330 e. The minimum atomic E-state index is -0.762. The number of carbonyl (C=O) groups is 2. The van der Waals surface area contributed by atoms with Gasteiger partial charge in [0.25, 0.3) is 5.91 Å². The van der Waals surface area contributed by atoms with E-state index in [1.54, 1.807) is 19.2 Å². The SMILES string of the molecule is COC(=O)C1CN(c2ccc(OC)cc2)CCN1C(=O)c1cc2cc(F)ccc2[nH]1. The van der Waals surface area contributed by atoms with Crippen molar-refractivity contribution in [3.63, 3.8) is 0 Å². The highest BCUT2D eigenvalue weighted by Crippen LogP contribution is 2.25. The maximum Gasteiger partial charge on any atom is 0.330 e. The van der Waals surface area contributed by atoms with E-state index in [9.17, 15) is 14.0 Å². The van der Waals surface area contributed by atoms with Crippen LogP contribution in [0.1, 0.15) is 10.5 Å². The summed E-state index contributed by atoms with van der Waals surface area (Å²) in [6.07, 6.45) is 0. The van der Waals surface area contributed by atoms with Crippen LogP contribution < -0.4 is 9.64 Å². The van der Waals surface area contributed by atoms with Crippen LogP contribution in [-0.4, -0.2) is 61.7 Å². The first kappa shape index (κ1) is 19.8. The summed E-state index contributed by atoms with van der Waals surface area (Å²) >= 11 is 0. The Morgan fingerprint density at radius 3 is 2.53 bits per heavy atom. The maximum atomic E-state index is 13.5. The monoisotopic (exact) mass is 411 g/mol. The van der Waals surface area contributed by atoms with Crippen molar-refractivity contribution in [2.45, 2.75) is 6.04 Å².